The maximum atomic E-state index is 6.26. The number of anilines is 2. The van der Waals surface area contributed by atoms with Crippen LogP contribution in [0.4, 0.5) is 11.4 Å². The molecule has 5 heteroatoms. The number of allylic oxidation sites excluding steroid dienone is 1. The Bertz CT molecular complexity index is 1040. The maximum Gasteiger partial charge on any atom is 0.353 e. The van der Waals surface area contributed by atoms with Gasteiger partial charge in [-0.05, 0) is 38.1 Å². The van der Waals surface area contributed by atoms with Gasteiger partial charge in [0.25, 0.3) is 0 Å². The molecule has 0 saturated carbocycles. The first-order valence-corrected chi connectivity index (χ1v) is 9.18. The van der Waals surface area contributed by atoms with E-state index in [1.165, 1.54) is 28.0 Å². The molecule has 3 heterocycles. The molecule has 0 unspecified atom stereocenters. The normalized spacial score (nSPS) is 19.1. The van der Waals surface area contributed by atoms with Gasteiger partial charge in [-0.15, -0.1) is 0 Å². The summed E-state index contributed by atoms with van der Waals surface area (Å²) in [5.41, 5.74) is 6.94. The molecule has 0 fully saturated rings. The summed E-state index contributed by atoms with van der Waals surface area (Å²) in [7, 11) is 2.16. The maximum absolute atomic E-state index is 6.26. The van der Waals surface area contributed by atoms with Crippen LogP contribution in [0.3, 0.4) is 0 Å². The number of fused-ring (bicyclic) bond motifs is 4. The van der Waals surface area contributed by atoms with Crippen LogP contribution in [0.2, 0.25) is 6.82 Å². The first-order chi connectivity index (χ1) is 12.6. The van der Waals surface area contributed by atoms with Crippen molar-refractivity contribution in [1.82, 2.24) is 4.92 Å². The third-order valence-electron chi connectivity index (χ3n) is 5.78. The lowest BCUT2D eigenvalue weighted by molar-refractivity contribution is 0.435. The molecule has 3 aromatic rings. The standard InChI is InChI=1S/C21H22BN3O/c1-14-13-17-16-9-5-8-12-20(16)26-21(17)22(3)25(14)24-15(2)23(4)18-10-6-7-11-19(18)24/h5-13,15H,1-4H3/t15-/m0/s1. The summed E-state index contributed by atoms with van der Waals surface area (Å²) in [6.07, 6.45) is 2.50. The Morgan fingerprint density at radius 1 is 1.00 bits per heavy atom. The van der Waals surface area contributed by atoms with Crippen molar-refractivity contribution >= 4 is 40.9 Å². The molecule has 2 aliphatic heterocycles. The Hall–Kier alpha value is -2.82. The van der Waals surface area contributed by atoms with Gasteiger partial charge in [0.1, 0.15) is 17.4 Å². The summed E-state index contributed by atoms with van der Waals surface area (Å²) in [5.74, 6) is 0. The van der Waals surface area contributed by atoms with E-state index >= 15 is 0 Å². The van der Waals surface area contributed by atoms with E-state index in [-0.39, 0.29) is 13.0 Å². The Labute approximate surface area is 154 Å². The molecule has 0 amide bonds. The molecule has 26 heavy (non-hydrogen) atoms. The molecule has 0 bridgehead atoms. The average molecular weight is 343 g/mol. The predicted octanol–water partition coefficient (Wildman–Crippen LogP) is 4.15. The number of para-hydroxylation sites is 3. The number of benzene rings is 2. The van der Waals surface area contributed by atoms with Gasteiger partial charge < -0.3 is 14.2 Å². The van der Waals surface area contributed by atoms with Gasteiger partial charge in [-0.3, -0.25) is 5.01 Å². The van der Waals surface area contributed by atoms with Crippen molar-refractivity contribution in [2.24, 2.45) is 0 Å². The number of hydrogen-bond acceptors (Lipinski definition) is 4. The molecule has 2 aliphatic rings. The summed E-state index contributed by atoms with van der Waals surface area (Å²) in [6.45, 7) is 6.79. The molecule has 0 saturated heterocycles. The quantitative estimate of drug-likeness (QED) is 0.619. The Morgan fingerprint density at radius 3 is 2.50 bits per heavy atom. The SMILES string of the molecule is CB1c2oc3ccccc3c2C=C(C)N1N1c2ccccc2N(C)[C@@H]1C. The minimum atomic E-state index is 0.129. The van der Waals surface area contributed by atoms with Gasteiger partial charge in [0, 0.05) is 23.7 Å². The fourth-order valence-corrected chi connectivity index (χ4v) is 4.41. The molecule has 4 nitrogen and oxygen atoms in total. The second kappa shape index (κ2) is 5.34. The van der Waals surface area contributed by atoms with Crippen molar-refractivity contribution in [1.29, 1.82) is 0 Å². The van der Waals surface area contributed by atoms with Crippen LogP contribution in [-0.2, 0) is 0 Å². The third kappa shape index (κ3) is 1.91. The largest absolute Gasteiger partial charge is 0.468 e. The van der Waals surface area contributed by atoms with E-state index in [1.54, 1.807) is 0 Å². The van der Waals surface area contributed by atoms with Gasteiger partial charge in [-0.25, -0.2) is 0 Å². The lowest BCUT2D eigenvalue weighted by Crippen LogP contribution is -2.59. The van der Waals surface area contributed by atoms with Gasteiger partial charge in [-0.1, -0.05) is 37.2 Å². The van der Waals surface area contributed by atoms with E-state index < -0.39 is 0 Å². The minimum Gasteiger partial charge on any atom is -0.468 e. The van der Waals surface area contributed by atoms with Crippen LogP contribution in [-0.4, -0.2) is 25.0 Å². The van der Waals surface area contributed by atoms with Crippen molar-refractivity contribution in [2.75, 3.05) is 17.0 Å². The van der Waals surface area contributed by atoms with Crippen molar-refractivity contribution in [2.45, 2.75) is 26.8 Å². The molecule has 130 valence electrons. The summed E-state index contributed by atoms with van der Waals surface area (Å²) in [5, 5.41) is 3.59. The van der Waals surface area contributed by atoms with E-state index in [9.17, 15) is 0 Å². The van der Waals surface area contributed by atoms with Crippen molar-refractivity contribution in [3.05, 3.63) is 59.8 Å². The fraction of sp³-hybridized carbons (Fsp3) is 0.238. The van der Waals surface area contributed by atoms with E-state index in [0.717, 1.165) is 11.2 Å². The molecular formula is C21H22BN3O. The molecule has 0 N–H and O–H groups in total. The number of rotatable bonds is 1. The molecule has 5 rings (SSSR count). The molecule has 0 radical (unpaired) electrons. The zero-order valence-electron chi connectivity index (χ0n) is 15.6. The highest BCUT2D eigenvalue weighted by Crippen LogP contribution is 2.41. The predicted molar refractivity (Wildman–Crippen MR) is 110 cm³/mol. The van der Waals surface area contributed by atoms with Gasteiger partial charge >= 0.3 is 6.85 Å². The number of furan rings is 1. The van der Waals surface area contributed by atoms with Crippen LogP contribution in [0.15, 0.2) is 58.6 Å². The highest BCUT2D eigenvalue weighted by molar-refractivity contribution is 6.70. The van der Waals surface area contributed by atoms with Crippen LogP contribution >= 0.6 is 0 Å². The zero-order valence-corrected chi connectivity index (χ0v) is 15.6. The number of hydrazine groups is 1. The van der Waals surface area contributed by atoms with Crippen molar-refractivity contribution in [3.8, 4) is 0 Å². The fourth-order valence-electron chi connectivity index (χ4n) is 4.41. The third-order valence-corrected chi connectivity index (χ3v) is 5.78. The van der Waals surface area contributed by atoms with Gasteiger partial charge in [0.15, 0.2) is 0 Å². The Kier molecular flexibility index (Phi) is 3.17. The van der Waals surface area contributed by atoms with Crippen LogP contribution in [0.1, 0.15) is 19.4 Å². The van der Waals surface area contributed by atoms with Crippen LogP contribution in [0, 0.1) is 0 Å². The average Bonchev–Trinajstić information content (AvgIpc) is 3.13. The van der Waals surface area contributed by atoms with Gasteiger partial charge in [0.05, 0.1) is 11.4 Å². The molecular weight excluding hydrogens is 321 g/mol. The second-order valence-corrected chi connectivity index (χ2v) is 7.26. The van der Waals surface area contributed by atoms with Crippen molar-refractivity contribution < 1.29 is 4.42 Å². The summed E-state index contributed by atoms with van der Waals surface area (Å²) >= 11 is 0. The van der Waals surface area contributed by atoms with Crippen LogP contribution in [0.25, 0.3) is 17.0 Å². The Morgan fingerprint density at radius 2 is 1.69 bits per heavy atom. The lowest BCUT2D eigenvalue weighted by atomic mass is 9.58. The van der Waals surface area contributed by atoms with Crippen LogP contribution in [0.5, 0.6) is 0 Å². The van der Waals surface area contributed by atoms with E-state index in [1.807, 2.05) is 6.07 Å². The zero-order chi connectivity index (χ0) is 18.0. The molecule has 1 atom stereocenters. The topological polar surface area (TPSA) is 22.9 Å². The molecule has 0 spiro atoms. The summed E-state index contributed by atoms with van der Waals surface area (Å²) < 4.78 is 6.26. The first-order valence-electron chi connectivity index (χ1n) is 9.18. The highest BCUT2D eigenvalue weighted by Gasteiger charge is 2.41. The first kappa shape index (κ1) is 15.4. The van der Waals surface area contributed by atoms with E-state index in [4.69, 9.17) is 4.42 Å². The lowest BCUT2D eigenvalue weighted by Gasteiger charge is -2.43. The molecule has 2 aromatic carbocycles. The van der Waals surface area contributed by atoms with Crippen LogP contribution < -0.4 is 15.6 Å². The minimum absolute atomic E-state index is 0.129. The van der Waals surface area contributed by atoms with E-state index in [0.29, 0.717) is 0 Å². The van der Waals surface area contributed by atoms with Gasteiger partial charge in [-0.2, -0.15) is 0 Å². The Balaban J connectivity index is 1.66. The van der Waals surface area contributed by atoms with Gasteiger partial charge in [0.2, 0.25) is 0 Å². The summed E-state index contributed by atoms with van der Waals surface area (Å²) in [6, 6.07) is 16.9. The summed E-state index contributed by atoms with van der Waals surface area (Å²) in [4.78, 5) is 4.70. The number of hydrogen-bond donors (Lipinski definition) is 0. The molecule has 0 aliphatic carbocycles. The smallest absolute Gasteiger partial charge is 0.353 e. The molecule has 1 aromatic heterocycles. The van der Waals surface area contributed by atoms with Crippen molar-refractivity contribution in [3.63, 3.8) is 0 Å². The second-order valence-electron chi connectivity index (χ2n) is 7.26. The highest BCUT2D eigenvalue weighted by atomic mass is 16.3. The van der Waals surface area contributed by atoms with E-state index in [2.05, 4.69) is 91.1 Å². The monoisotopic (exact) mass is 343 g/mol. The number of nitrogens with zero attached hydrogens (tertiary/aromatic N) is 3.